The summed E-state index contributed by atoms with van der Waals surface area (Å²) in [5, 5.41) is 0. The fraction of sp³-hybridized carbons (Fsp3) is 0.611. The van der Waals surface area contributed by atoms with E-state index < -0.39 is 0 Å². The van der Waals surface area contributed by atoms with Gasteiger partial charge in [-0.2, -0.15) is 0 Å². The molecule has 0 amide bonds. The average molecular weight is 304 g/mol. The zero-order valence-corrected chi connectivity index (χ0v) is 14.0. The molecule has 122 valence electrons. The van der Waals surface area contributed by atoms with Gasteiger partial charge in [0, 0.05) is 17.6 Å². The highest BCUT2D eigenvalue weighted by Gasteiger charge is 2.26. The summed E-state index contributed by atoms with van der Waals surface area (Å²) < 4.78 is 5.56. The molecular weight excluding hydrogens is 276 g/mol. The highest BCUT2D eigenvalue weighted by Crippen LogP contribution is 2.25. The second kappa shape index (κ2) is 7.63. The topological polar surface area (TPSA) is 55.6 Å². The number of hydrogen-bond donors (Lipinski definition) is 1. The number of nitrogens with zero attached hydrogens (tertiary/aromatic N) is 1. The Bertz CT molecular complexity index is 506. The number of rotatable bonds is 6. The van der Waals surface area contributed by atoms with Crippen molar-refractivity contribution in [1.29, 1.82) is 0 Å². The molecule has 1 saturated heterocycles. The van der Waals surface area contributed by atoms with E-state index >= 15 is 0 Å². The van der Waals surface area contributed by atoms with Crippen LogP contribution in [0.4, 0.5) is 5.69 Å². The molecule has 1 heterocycles. The van der Waals surface area contributed by atoms with Crippen LogP contribution in [0.2, 0.25) is 0 Å². The zero-order valence-electron chi connectivity index (χ0n) is 14.0. The third-order valence-corrected chi connectivity index (χ3v) is 4.50. The van der Waals surface area contributed by atoms with Gasteiger partial charge in [-0.25, -0.2) is 0 Å². The highest BCUT2D eigenvalue weighted by molar-refractivity contribution is 5.98. The van der Waals surface area contributed by atoms with Crippen molar-refractivity contribution < 1.29 is 9.53 Å². The van der Waals surface area contributed by atoms with Gasteiger partial charge in [0.1, 0.15) is 5.75 Å². The molecule has 22 heavy (non-hydrogen) atoms. The van der Waals surface area contributed by atoms with Crippen molar-refractivity contribution in [2.75, 3.05) is 18.9 Å². The number of carbonyl (C=O) groups excluding carboxylic acids is 1. The molecule has 1 aromatic carbocycles. The lowest BCUT2D eigenvalue weighted by molar-refractivity contribution is 0.0734. The maximum Gasteiger partial charge on any atom is 0.176 e. The molecular formula is C18H28N2O2. The second-order valence-electron chi connectivity index (χ2n) is 6.33. The lowest BCUT2D eigenvalue weighted by Crippen LogP contribution is -2.46. The number of nitrogen functional groups attached to an aromatic ring is 1. The molecule has 2 unspecified atom stereocenters. The van der Waals surface area contributed by atoms with Gasteiger partial charge in [-0.15, -0.1) is 0 Å². The fourth-order valence-corrected chi connectivity index (χ4v) is 3.11. The van der Waals surface area contributed by atoms with Gasteiger partial charge in [0.05, 0.1) is 18.8 Å². The van der Waals surface area contributed by atoms with E-state index in [1.165, 1.54) is 19.3 Å². The third-order valence-electron chi connectivity index (χ3n) is 4.50. The van der Waals surface area contributed by atoms with Crippen LogP contribution in [0.1, 0.15) is 56.8 Å². The lowest BCUT2D eigenvalue weighted by Gasteiger charge is -2.38. The number of ketones is 1. The molecule has 2 rings (SSSR count). The van der Waals surface area contributed by atoms with Crippen LogP contribution in [-0.4, -0.2) is 35.9 Å². The Morgan fingerprint density at radius 3 is 2.59 bits per heavy atom. The van der Waals surface area contributed by atoms with Gasteiger partial charge in [0.25, 0.3) is 0 Å². The number of benzene rings is 1. The molecule has 1 aliphatic rings. The van der Waals surface area contributed by atoms with Crippen LogP contribution < -0.4 is 10.5 Å². The molecule has 2 atom stereocenters. The third kappa shape index (κ3) is 4.01. The number of nitrogens with two attached hydrogens (primary N) is 1. The van der Waals surface area contributed by atoms with Crippen molar-refractivity contribution in [3.63, 3.8) is 0 Å². The molecule has 4 heteroatoms. The first-order valence-corrected chi connectivity index (χ1v) is 8.34. The molecule has 0 aliphatic carbocycles. The number of hydrogen-bond acceptors (Lipinski definition) is 4. The minimum Gasteiger partial charge on any atom is -0.491 e. The van der Waals surface area contributed by atoms with E-state index in [2.05, 4.69) is 25.7 Å². The van der Waals surface area contributed by atoms with Gasteiger partial charge < -0.3 is 10.5 Å². The largest absolute Gasteiger partial charge is 0.491 e. The Hall–Kier alpha value is -1.55. The van der Waals surface area contributed by atoms with E-state index in [-0.39, 0.29) is 5.78 Å². The van der Waals surface area contributed by atoms with Crippen molar-refractivity contribution in [2.24, 2.45) is 0 Å². The number of anilines is 1. The monoisotopic (exact) mass is 304 g/mol. The predicted molar refractivity (Wildman–Crippen MR) is 90.5 cm³/mol. The summed E-state index contributed by atoms with van der Waals surface area (Å²) in [7, 11) is 0. The number of ether oxygens (including phenoxy) is 1. The van der Waals surface area contributed by atoms with Crippen molar-refractivity contribution in [2.45, 2.75) is 58.5 Å². The van der Waals surface area contributed by atoms with Crippen molar-refractivity contribution in [3.8, 4) is 5.75 Å². The van der Waals surface area contributed by atoms with E-state index in [0.717, 1.165) is 6.42 Å². The molecule has 1 fully saturated rings. The van der Waals surface area contributed by atoms with Crippen LogP contribution in [0.25, 0.3) is 0 Å². The van der Waals surface area contributed by atoms with Crippen LogP contribution in [0.15, 0.2) is 18.2 Å². The smallest absolute Gasteiger partial charge is 0.176 e. The molecule has 1 aliphatic heterocycles. The van der Waals surface area contributed by atoms with Crippen LogP contribution in [0, 0.1) is 0 Å². The zero-order chi connectivity index (χ0) is 16.1. The summed E-state index contributed by atoms with van der Waals surface area (Å²) >= 11 is 0. The number of likely N-dealkylation sites (tertiary alicyclic amines) is 1. The molecule has 1 aromatic rings. The average Bonchev–Trinajstić information content (AvgIpc) is 2.49. The first-order chi connectivity index (χ1) is 10.5. The Kier molecular flexibility index (Phi) is 5.83. The van der Waals surface area contributed by atoms with E-state index in [0.29, 0.717) is 42.2 Å². The Balaban J connectivity index is 2.04. The molecule has 0 saturated carbocycles. The Morgan fingerprint density at radius 2 is 2.00 bits per heavy atom. The molecule has 0 radical (unpaired) electrons. The summed E-state index contributed by atoms with van der Waals surface area (Å²) in [4.78, 5) is 14.9. The van der Waals surface area contributed by atoms with Crippen molar-refractivity contribution in [3.05, 3.63) is 23.8 Å². The summed E-state index contributed by atoms with van der Waals surface area (Å²) in [5.74, 6) is 0.799. The summed E-state index contributed by atoms with van der Waals surface area (Å²) in [6.45, 7) is 7.57. The van der Waals surface area contributed by atoms with Crippen molar-refractivity contribution >= 4 is 11.5 Å². The van der Waals surface area contributed by atoms with E-state index in [4.69, 9.17) is 10.5 Å². The number of piperidine rings is 1. The van der Waals surface area contributed by atoms with Crippen LogP contribution in [0.3, 0.4) is 0 Å². The Morgan fingerprint density at radius 1 is 1.32 bits per heavy atom. The highest BCUT2D eigenvalue weighted by atomic mass is 16.5. The second-order valence-corrected chi connectivity index (χ2v) is 6.33. The maximum absolute atomic E-state index is 12.5. The minimum absolute atomic E-state index is 0.134. The number of Topliss-reactive ketones (excluding diaryl/α,β-unsaturated/α-hetero) is 1. The minimum atomic E-state index is 0.134. The molecule has 0 aromatic heterocycles. The quantitative estimate of drug-likeness (QED) is 0.645. The van der Waals surface area contributed by atoms with E-state index in [1.807, 2.05) is 6.07 Å². The lowest BCUT2D eigenvalue weighted by atomic mass is 9.96. The molecule has 0 bridgehead atoms. The molecule has 0 spiro atoms. The predicted octanol–water partition coefficient (Wildman–Crippen LogP) is 3.50. The molecule has 2 N–H and O–H groups in total. The Labute approximate surface area is 133 Å². The van der Waals surface area contributed by atoms with E-state index in [1.54, 1.807) is 12.1 Å². The van der Waals surface area contributed by atoms with Gasteiger partial charge in [-0.05, 0) is 51.3 Å². The van der Waals surface area contributed by atoms with Crippen LogP contribution in [0.5, 0.6) is 5.75 Å². The van der Waals surface area contributed by atoms with Crippen LogP contribution >= 0.6 is 0 Å². The maximum atomic E-state index is 12.5. The first kappa shape index (κ1) is 16.8. The number of carbonyl (C=O) groups is 1. The summed E-state index contributed by atoms with van der Waals surface area (Å²) in [5.41, 5.74) is 7.21. The van der Waals surface area contributed by atoms with Gasteiger partial charge in [0.15, 0.2) is 5.78 Å². The summed E-state index contributed by atoms with van der Waals surface area (Å²) in [6, 6.07) is 6.31. The normalized spacial score (nSPS) is 22.5. The van der Waals surface area contributed by atoms with Gasteiger partial charge in [-0.3, -0.25) is 9.69 Å². The fourth-order valence-electron chi connectivity index (χ4n) is 3.11. The standard InChI is InChI=1S/C18H28N2O2/c1-4-10-22-18-9-8-15(11-16(18)19)17(21)12-20-13(2)6-5-7-14(20)3/h8-9,11,13-14H,4-7,10,12,19H2,1-3H3. The van der Waals surface area contributed by atoms with Gasteiger partial charge >= 0.3 is 0 Å². The summed E-state index contributed by atoms with van der Waals surface area (Å²) in [6.07, 6.45) is 4.53. The van der Waals surface area contributed by atoms with Gasteiger partial charge in [-0.1, -0.05) is 13.3 Å². The molecule has 4 nitrogen and oxygen atoms in total. The first-order valence-electron chi connectivity index (χ1n) is 8.34. The SMILES string of the molecule is CCCOc1ccc(C(=O)CN2C(C)CCCC2C)cc1N. The van der Waals surface area contributed by atoms with Crippen molar-refractivity contribution in [1.82, 2.24) is 4.90 Å². The van der Waals surface area contributed by atoms with Crippen LogP contribution in [-0.2, 0) is 0 Å². The van der Waals surface area contributed by atoms with E-state index in [9.17, 15) is 4.79 Å². The van der Waals surface area contributed by atoms with Gasteiger partial charge in [0.2, 0.25) is 0 Å².